The highest BCUT2D eigenvalue weighted by Crippen LogP contribution is 2.32. The molecule has 0 spiro atoms. The monoisotopic (exact) mass is 266 g/mol. The molecule has 1 aromatic rings. The van der Waals surface area contributed by atoms with Gasteiger partial charge in [0.2, 0.25) is 0 Å². The van der Waals surface area contributed by atoms with Crippen molar-refractivity contribution < 1.29 is 0 Å². The molecule has 1 aliphatic rings. The minimum Gasteiger partial charge on any atom is -0.371 e. The Labute approximate surface area is 115 Å². The lowest BCUT2D eigenvalue weighted by Crippen LogP contribution is -2.23. The summed E-state index contributed by atoms with van der Waals surface area (Å²) in [5.74, 6) is 1.52. The second-order valence-corrected chi connectivity index (χ2v) is 5.85. The number of hydrogen-bond acceptors (Lipinski definition) is 2. The summed E-state index contributed by atoms with van der Waals surface area (Å²) in [4.78, 5) is 2.48. The van der Waals surface area contributed by atoms with Crippen molar-refractivity contribution in [2.24, 2.45) is 11.8 Å². The Kier molecular flexibility index (Phi) is 4.52. The first-order chi connectivity index (χ1) is 8.61. The summed E-state index contributed by atoms with van der Waals surface area (Å²) in [6, 6.07) is 6.24. The van der Waals surface area contributed by atoms with Crippen LogP contribution in [0.4, 0.5) is 5.69 Å². The smallest absolute Gasteiger partial charge is 0.0426 e. The third-order valence-corrected chi connectivity index (χ3v) is 4.18. The third kappa shape index (κ3) is 2.99. The summed E-state index contributed by atoms with van der Waals surface area (Å²) >= 11 is 6.15. The summed E-state index contributed by atoms with van der Waals surface area (Å²) in [7, 11) is 0. The molecule has 0 aromatic heterocycles. The van der Waals surface area contributed by atoms with E-state index in [1.54, 1.807) is 0 Å². The lowest BCUT2D eigenvalue weighted by molar-refractivity contribution is 0.494. The number of anilines is 1. The van der Waals surface area contributed by atoms with Crippen molar-refractivity contribution in [2.75, 3.05) is 24.5 Å². The number of benzene rings is 1. The standard InChI is InChI=1S/C15H23ClN2/c1-4-17-8-13-5-6-14(16)7-15(13)18-9-11(2)12(3)10-18/h5-7,11-12,17H,4,8-10H2,1-3H3. The van der Waals surface area contributed by atoms with Crippen molar-refractivity contribution in [3.8, 4) is 0 Å². The van der Waals surface area contributed by atoms with Crippen molar-refractivity contribution >= 4 is 17.3 Å². The van der Waals surface area contributed by atoms with Gasteiger partial charge in [-0.05, 0) is 36.1 Å². The Morgan fingerprint density at radius 3 is 2.56 bits per heavy atom. The fourth-order valence-corrected chi connectivity index (χ4v) is 2.73. The van der Waals surface area contributed by atoms with E-state index in [-0.39, 0.29) is 0 Å². The van der Waals surface area contributed by atoms with E-state index in [1.165, 1.54) is 11.3 Å². The van der Waals surface area contributed by atoms with Crippen LogP contribution < -0.4 is 10.2 Å². The van der Waals surface area contributed by atoms with Crippen LogP contribution in [-0.2, 0) is 6.54 Å². The van der Waals surface area contributed by atoms with Gasteiger partial charge in [-0.2, -0.15) is 0 Å². The van der Waals surface area contributed by atoms with Gasteiger partial charge in [0.15, 0.2) is 0 Å². The fraction of sp³-hybridized carbons (Fsp3) is 0.600. The molecular formula is C15H23ClN2. The topological polar surface area (TPSA) is 15.3 Å². The molecular weight excluding hydrogens is 244 g/mol. The molecule has 2 unspecified atom stereocenters. The molecule has 2 nitrogen and oxygen atoms in total. The number of halogens is 1. The van der Waals surface area contributed by atoms with E-state index in [4.69, 9.17) is 11.6 Å². The van der Waals surface area contributed by atoms with Gasteiger partial charge >= 0.3 is 0 Å². The van der Waals surface area contributed by atoms with Gasteiger partial charge in [-0.15, -0.1) is 0 Å². The SMILES string of the molecule is CCNCc1ccc(Cl)cc1N1CC(C)C(C)C1. The van der Waals surface area contributed by atoms with Gasteiger partial charge < -0.3 is 10.2 Å². The zero-order chi connectivity index (χ0) is 13.1. The van der Waals surface area contributed by atoms with E-state index in [9.17, 15) is 0 Å². The predicted molar refractivity (Wildman–Crippen MR) is 79.4 cm³/mol. The molecule has 1 saturated heterocycles. The first kappa shape index (κ1) is 13.7. The maximum Gasteiger partial charge on any atom is 0.0426 e. The van der Waals surface area contributed by atoms with E-state index in [0.717, 1.165) is 43.0 Å². The first-order valence-corrected chi connectivity index (χ1v) is 7.23. The molecule has 1 heterocycles. The first-order valence-electron chi connectivity index (χ1n) is 6.86. The fourth-order valence-electron chi connectivity index (χ4n) is 2.57. The zero-order valence-electron chi connectivity index (χ0n) is 11.5. The van der Waals surface area contributed by atoms with Crippen LogP contribution in [0.2, 0.25) is 5.02 Å². The maximum atomic E-state index is 6.15. The summed E-state index contributed by atoms with van der Waals surface area (Å²) in [6.45, 7) is 11.0. The Balaban J connectivity index is 2.22. The molecule has 2 atom stereocenters. The van der Waals surface area contributed by atoms with Gasteiger partial charge in [-0.1, -0.05) is 38.4 Å². The van der Waals surface area contributed by atoms with Crippen LogP contribution in [0.1, 0.15) is 26.3 Å². The number of rotatable bonds is 4. The molecule has 1 N–H and O–H groups in total. The van der Waals surface area contributed by atoms with Gasteiger partial charge in [-0.3, -0.25) is 0 Å². The van der Waals surface area contributed by atoms with Crippen LogP contribution in [0.3, 0.4) is 0 Å². The molecule has 1 aliphatic heterocycles. The van der Waals surface area contributed by atoms with Crippen molar-refractivity contribution in [3.05, 3.63) is 28.8 Å². The molecule has 2 rings (SSSR count). The van der Waals surface area contributed by atoms with Crippen molar-refractivity contribution in [1.82, 2.24) is 5.32 Å². The van der Waals surface area contributed by atoms with Gasteiger partial charge in [0.25, 0.3) is 0 Å². The van der Waals surface area contributed by atoms with Crippen LogP contribution in [0.5, 0.6) is 0 Å². The highest BCUT2D eigenvalue weighted by atomic mass is 35.5. The highest BCUT2D eigenvalue weighted by molar-refractivity contribution is 6.30. The van der Waals surface area contributed by atoms with Crippen molar-refractivity contribution in [3.63, 3.8) is 0 Å². The Morgan fingerprint density at radius 1 is 1.28 bits per heavy atom. The van der Waals surface area contributed by atoms with Crippen LogP contribution in [0.15, 0.2) is 18.2 Å². The average molecular weight is 267 g/mol. The Morgan fingerprint density at radius 2 is 1.94 bits per heavy atom. The summed E-state index contributed by atoms with van der Waals surface area (Å²) < 4.78 is 0. The molecule has 18 heavy (non-hydrogen) atoms. The van der Waals surface area contributed by atoms with E-state index in [0.29, 0.717) is 0 Å². The lowest BCUT2D eigenvalue weighted by atomic mass is 10.0. The quantitative estimate of drug-likeness (QED) is 0.897. The van der Waals surface area contributed by atoms with E-state index < -0.39 is 0 Å². The number of nitrogens with zero attached hydrogens (tertiary/aromatic N) is 1. The average Bonchev–Trinajstić information content (AvgIpc) is 2.68. The molecule has 1 fully saturated rings. The minimum absolute atomic E-state index is 0.760. The van der Waals surface area contributed by atoms with Crippen LogP contribution in [0.25, 0.3) is 0 Å². The van der Waals surface area contributed by atoms with Gasteiger partial charge in [0, 0.05) is 30.3 Å². The van der Waals surface area contributed by atoms with E-state index in [1.807, 2.05) is 6.07 Å². The molecule has 1 aromatic carbocycles. The number of hydrogen-bond donors (Lipinski definition) is 1. The molecule has 0 aliphatic carbocycles. The van der Waals surface area contributed by atoms with E-state index in [2.05, 4.69) is 43.1 Å². The predicted octanol–water partition coefficient (Wildman–Crippen LogP) is 3.54. The molecule has 0 radical (unpaired) electrons. The van der Waals surface area contributed by atoms with Crippen LogP contribution >= 0.6 is 11.6 Å². The van der Waals surface area contributed by atoms with Gasteiger partial charge in [-0.25, -0.2) is 0 Å². The second kappa shape index (κ2) is 5.94. The molecule has 0 saturated carbocycles. The van der Waals surface area contributed by atoms with Crippen LogP contribution in [0, 0.1) is 11.8 Å². The van der Waals surface area contributed by atoms with Gasteiger partial charge in [0.1, 0.15) is 0 Å². The summed E-state index contributed by atoms with van der Waals surface area (Å²) in [6.07, 6.45) is 0. The Bertz CT molecular complexity index is 395. The Hall–Kier alpha value is -0.730. The maximum absolute atomic E-state index is 6.15. The number of nitrogens with one attached hydrogen (secondary N) is 1. The minimum atomic E-state index is 0.760. The molecule has 0 bridgehead atoms. The zero-order valence-corrected chi connectivity index (χ0v) is 12.3. The molecule has 100 valence electrons. The summed E-state index contributed by atoms with van der Waals surface area (Å²) in [5, 5.41) is 4.23. The van der Waals surface area contributed by atoms with Crippen LogP contribution in [-0.4, -0.2) is 19.6 Å². The normalized spacial score (nSPS) is 23.7. The van der Waals surface area contributed by atoms with E-state index >= 15 is 0 Å². The second-order valence-electron chi connectivity index (χ2n) is 5.41. The summed E-state index contributed by atoms with van der Waals surface area (Å²) in [5.41, 5.74) is 2.65. The lowest BCUT2D eigenvalue weighted by Gasteiger charge is -2.22. The highest BCUT2D eigenvalue weighted by Gasteiger charge is 2.27. The molecule has 0 amide bonds. The van der Waals surface area contributed by atoms with Crippen molar-refractivity contribution in [1.29, 1.82) is 0 Å². The molecule has 3 heteroatoms. The third-order valence-electron chi connectivity index (χ3n) is 3.94. The van der Waals surface area contributed by atoms with Gasteiger partial charge in [0.05, 0.1) is 0 Å². The van der Waals surface area contributed by atoms with Crippen molar-refractivity contribution in [2.45, 2.75) is 27.3 Å². The largest absolute Gasteiger partial charge is 0.371 e.